The number of benzene rings is 1. The minimum atomic E-state index is -0.811. The molecule has 10 nitrogen and oxygen atoms in total. The molecule has 0 unspecified atom stereocenters. The highest BCUT2D eigenvalue weighted by Crippen LogP contribution is 2.19. The fourth-order valence-electron chi connectivity index (χ4n) is 2.89. The van der Waals surface area contributed by atoms with E-state index in [-0.39, 0.29) is 48.8 Å². The first-order valence-electron chi connectivity index (χ1n) is 8.94. The van der Waals surface area contributed by atoms with E-state index in [2.05, 4.69) is 26.1 Å². The third kappa shape index (κ3) is 4.15. The van der Waals surface area contributed by atoms with Gasteiger partial charge in [-0.05, 0) is 30.7 Å². The molecule has 2 aromatic heterocycles. The van der Waals surface area contributed by atoms with Crippen molar-refractivity contribution in [1.82, 2.24) is 20.8 Å². The van der Waals surface area contributed by atoms with Gasteiger partial charge in [0.25, 0.3) is 5.91 Å². The molecular weight excluding hydrogens is 378 g/mol. The molecule has 1 aromatic carbocycles. The maximum absolute atomic E-state index is 12.3. The van der Waals surface area contributed by atoms with Crippen LogP contribution in [-0.2, 0) is 16.1 Å². The van der Waals surface area contributed by atoms with Crippen LogP contribution in [0.3, 0.4) is 0 Å². The fourth-order valence-corrected chi connectivity index (χ4v) is 2.89. The first-order valence-corrected chi connectivity index (χ1v) is 8.94. The number of hydrogen-bond donors (Lipinski definition) is 3. The lowest BCUT2D eigenvalue weighted by Gasteiger charge is -2.14. The SMILES string of the molecule is O=C(CC[C@@H]1NC(=O)c2ccccc2NC1=O)NCc1nc(-c2ccco2)no1. The summed E-state index contributed by atoms with van der Waals surface area (Å²) in [6.07, 6.45) is 1.68. The Labute approximate surface area is 164 Å². The predicted molar refractivity (Wildman–Crippen MR) is 99.4 cm³/mol. The second kappa shape index (κ2) is 7.97. The largest absolute Gasteiger partial charge is 0.461 e. The van der Waals surface area contributed by atoms with Crippen molar-refractivity contribution in [3.8, 4) is 11.6 Å². The first kappa shape index (κ1) is 18.4. The van der Waals surface area contributed by atoms with Gasteiger partial charge in [-0.1, -0.05) is 17.3 Å². The lowest BCUT2D eigenvalue weighted by molar-refractivity contribution is -0.122. The van der Waals surface area contributed by atoms with Crippen LogP contribution in [-0.4, -0.2) is 33.9 Å². The smallest absolute Gasteiger partial charge is 0.254 e. The summed E-state index contributed by atoms with van der Waals surface area (Å²) in [5, 5.41) is 11.8. The summed E-state index contributed by atoms with van der Waals surface area (Å²) in [4.78, 5) is 40.9. The minimum absolute atomic E-state index is 0.0356. The van der Waals surface area contributed by atoms with E-state index in [0.717, 1.165) is 0 Å². The van der Waals surface area contributed by atoms with Crippen molar-refractivity contribution in [2.75, 3.05) is 5.32 Å². The summed E-state index contributed by atoms with van der Waals surface area (Å²) in [5.74, 6) is -0.0665. The van der Waals surface area contributed by atoms with Crippen molar-refractivity contribution < 1.29 is 23.3 Å². The van der Waals surface area contributed by atoms with Crippen LogP contribution in [0.2, 0.25) is 0 Å². The number of anilines is 1. The molecule has 1 aliphatic heterocycles. The van der Waals surface area contributed by atoms with E-state index < -0.39 is 6.04 Å². The van der Waals surface area contributed by atoms with E-state index in [1.54, 1.807) is 36.4 Å². The maximum Gasteiger partial charge on any atom is 0.254 e. The number of nitrogens with one attached hydrogen (secondary N) is 3. The molecule has 10 heteroatoms. The number of furan rings is 1. The Hall–Kier alpha value is -3.95. The van der Waals surface area contributed by atoms with Crippen LogP contribution in [0, 0.1) is 0 Å². The van der Waals surface area contributed by atoms with Crippen LogP contribution in [0.4, 0.5) is 5.69 Å². The van der Waals surface area contributed by atoms with Gasteiger partial charge in [-0.2, -0.15) is 4.98 Å². The Morgan fingerprint density at radius 2 is 2.03 bits per heavy atom. The molecule has 0 spiro atoms. The summed E-state index contributed by atoms with van der Waals surface area (Å²) < 4.78 is 10.2. The molecule has 1 aliphatic rings. The Balaban J connectivity index is 1.28. The lowest BCUT2D eigenvalue weighted by atomic mass is 10.1. The Bertz CT molecular complexity index is 1040. The number of para-hydroxylation sites is 1. The summed E-state index contributed by atoms with van der Waals surface area (Å²) in [7, 11) is 0. The van der Waals surface area contributed by atoms with Crippen LogP contribution >= 0.6 is 0 Å². The van der Waals surface area contributed by atoms with E-state index >= 15 is 0 Å². The number of hydrogen-bond acceptors (Lipinski definition) is 7. The van der Waals surface area contributed by atoms with Gasteiger partial charge < -0.3 is 24.9 Å². The van der Waals surface area contributed by atoms with Gasteiger partial charge in [-0.15, -0.1) is 0 Å². The van der Waals surface area contributed by atoms with Crippen LogP contribution in [0.25, 0.3) is 11.6 Å². The third-order valence-corrected chi connectivity index (χ3v) is 4.36. The Morgan fingerprint density at radius 1 is 1.17 bits per heavy atom. The van der Waals surface area contributed by atoms with E-state index in [9.17, 15) is 14.4 Å². The monoisotopic (exact) mass is 395 g/mol. The highest BCUT2D eigenvalue weighted by molar-refractivity contribution is 6.09. The van der Waals surface area contributed by atoms with Crippen LogP contribution in [0.1, 0.15) is 29.1 Å². The molecule has 4 rings (SSSR count). The number of fused-ring (bicyclic) bond motifs is 1. The minimum Gasteiger partial charge on any atom is -0.461 e. The molecule has 0 aliphatic carbocycles. The van der Waals surface area contributed by atoms with Crippen LogP contribution in [0.15, 0.2) is 51.6 Å². The zero-order chi connectivity index (χ0) is 20.2. The molecule has 1 atom stereocenters. The van der Waals surface area contributed by atoms with Gasteiger partial charge in [0.2, 0.25) is 23.5 Å². The Morgan fingerprint density at radius 3 is 2.86 bits per heavy atom. The third-order valence-electron chi connectivity index (χ3n) is 4.36. The average Bonchev–Trinajstić information content (AvgIpc) is 3.39. The van der Waals surface area contributed by atoms with Crippen molar-refractivity contribution in [2.45, 2.75) is 25.4 Å². The van der Waals surface area contributed by atoms with Crippen LogP contribution in [0.5, 0.6) is 0 Å². The molecule has 0 saturated carbocycles. The molecule has 0 saturated heterocycles. The molecule has 3 aromatic rings. The van der Waals surface area contributed by atoms with Crippen molar-refractivity contribution in [3.05, 3.63) is 54.1 Å². The Kier molecular flexibility index (Phi) is 5.06. The predicted octanol–water partition coefficient (Wildman–Crippen LogP) is 1.48. The summed E-state index contributed by atoms with van der Waals surface area (Å²) >= 11 is 0. The molecule has 0 bridgehead atoms. The number of amides is 3. The van der Waals surface area contributed by atoms with Gasteiger partial charge in [0.05, 0.1) is 24.1 Å². The highest BCUT2D eigenvalue weighted by atomic mass is 16.5. The molecule has 148 valence electrons. The summed E-state index contributed by atoms with van der Waals surface area (Å²) in [6.45, 7) is 0.0429. The number of rotatable bonds is 6. The maximum atomic E-state index is 12.3. The number of aromatic nitrogens is 2. The molecule has 0 fully saturated rings. The average molecular weight is 395 g/mol. The number of carbonyl (C=O) groups excluding carboxylic acids is 3. The number of nitrogens with zero attached hydrogens (tertiary/aromatic N) is 2. The van der Waals surface area contributed by atoms with Gasteiger partial charge in [-0.25, -0.2) is 0 Å². The van der Waals surface area contributed by atoms with Crippen molar-refractivity contribution in [1.29, 1.82) is 0 Å². The fraction of sp³-hybridized carbons (Fsp3) is 0.211. The zero-order valence-electron chi connectivity index (χ0n) is 15.2. The highest BCUT2D eigenvalue weighted by Gasteiger charge is 2.27. The normalized spacial score (nSPS) is 15.8. The van der Waals surface area contributed by atoms with E-state index in [1.165, 1.54) is 6.26 Å². The van der Waals surface area contributed by atoms with Crippen LogP contribution < -0.4 is 16.0 Å². The van der Waals surface area contributed by atoms with E-state index in [1.807, 2.05) is 0 Å². The molecule has 3 heterocycles. The molecule has 0 radical (unpaired) electrons. The molecule has 3 N–H and O–H groups in total. The molecular formula is C19H17N5O5. The molecule has 29 heavy (non-hydrogen) atoms. The number of carbonyl (C=O) groups is 3. The second-order valence-electron chi connectivity index (χ2n) is 6.37. The molecule has 3 amide bonds. The van der Waals surface area contributed by atoms with Gasteiger partial charge >= 0.3 is 0 Å². The van der Waals surface area contributed by atoms with Gasteiger partial charge in [0, 0.05) is 6.42 Å². The zero-order valence-corrected chi connectivity index (χ0v) is 15.2. The lowest BCUT2D eigenvalue weighted by Crippen LogP contribution is -2.42. The summed E-state index contributed by atoms with van der Waals surface area (Å²) in [5.41, 5.74) is 0.835. The first-order chi connectivity index (χ1) is 14.1. The van der Waals surface area contributed by atoms with Crippen molar-refractivity contribution >= 4 is 23.4 Å². The topological polar surface area (TPSA) is 139 Å². The quantitative estimate of drug-likeness (QED) is 0.574. The summed E-state index contributed by atoms with van der Waals surface area (Å²) in [6, 6.07) is 9.31. The van der Waals surface area contributed by atoms with E-state index in [0.29, 0.717) is 17.0 Å². The van der Waals surface area contributed by atoms with Gasteiger partial charge in [0.1, 0.15) is 6.04 Å². The standard InChI is InChI=1S/C19H17N5O5/c25-15(20-10-16-23-17(24-29-16)14-6-3-9-28-14)8-7-13-19(27)21-12-5-2-1-4-11(12)18(26)22-13/h1-6,9,13H,7-8,10H2,(H,20,25)(H,21,27)(H,22,26)/t13-/m0/s1. The van der Waals surface area contributed by atoms with Gasteiger partial charge in [0.15, 0.2) is 5.76 Å². The van der Waals surface area contributed by atoms with E-state index in [4.69, 9.17) is 8.94 Å². The van der Waals surface area contributed by atoms with Gasteiger partial charge in [-0.3, -0.25) is 14.4 Å². The van der Waals surface area contributed by atoms with Crippen molar-refractivity contribution in [3.63, 3.8) is 0 Å². The second-order valence-corrected chi connectivity index (χ2v) is 6.37. The van der Waals surface area contributed by atoms with Crippen molar-refractivity contribution in [2.24, 2.45) is 0 Å².